The Balaban J connectivity index is 1.12. The molecular weight excluding hydrogens is 601 g/mol. The van der Waals surface area contributed by atoms with E-state index in [1.54, 1.807) is 0 Å². The average Bonchev–Trinajstić information content (AvgIpc) is 3.81. The van der Waals surface area contributed by atoms with E-state index in [4.69, 9.17) is 14.4 Å². The third kappa shape index (κ3) is 4.15. The second-order valence-electron chi connectivity index (χ2n) is 13.3. The summed E-state index contributed by atoms with van der Waals surface area (Å²) >= 11 is 0. The van der Waals surface area contributed by atoms with Crippen molar-refractivity contribution in [3.05, 3.63) is 157 Å². The van der Waals surface area contributed by atoms with Crippen LogP contribution in [0.2, 0.25) is 0 Å². The first-order valence-electron chi connectivity index (χ1n) is 16.6. The van der Waals surface area contributed by atoms with E-state index in [1.807, 2.05) is 36.4 Å². The van der Waals surface area contributed by atoms with Gasteiger partial charge < -0.3 is 8.98 Å². The van der Waals surface area contributed by atoms with Crippen LogP contribution in [0.3, 0.4) is 0 Å². The molecule has 0 amide bonds. The molecule has 9 aromatic rings. The quantitative estimate of drug-likeness (QED) is 0.194. The zero-order chi connectivity index (χ0) is 32.7. The van der Waals surface area contributed by atoms with Gasteiger partial charge in [0.2, 0.25) is 5.89 Å². The fourth-order valence-electron chi connectivity index (χ4n) is 7.68. The number of oxazole rings is 1. The van der Waals surface area contributed by atoms with Crippen molar-refractivity contribution in [3.63, 3.8) is 0 Å². The summed E-state index contributed by atoms with van der Waals surface area (Å²) in [5.74, 6) is 1.29. The second kappa shape index (κ2) is 10.3. The van der Waals surface area contributed by atoms with Crippen LogP contribution in [-0.4, -0.2) is 19.5 Å². The van der Waals surface area contributed by atoms with Crippen LogP contribution in [0.25, 0.3) is 83.9 Å². The molecule has 0 fully saturated rings. The Bertz CT molecular complexity index is 2650. The molecule has 232 valence electrons. The molecule has 49 heavy (non-hydrogen) atoms. The third-order valence-electron chi connectivity index (χ3n) is 10.1. The smallest absolute Gasteiger partial charge is 0.227 e. The van der Waals surface area contributed by atoms with E-state index in [-0.39, 0.29) is 5.41 Å². The Labute approximate surface area is 283 Å². The van der Waals surface area contributed by atoms with E-state index in [0.29, 0.717) is 11.7 Å². The maximum absolute atomic E-state index is 6.04. The number of benzene rings is 6. The zero-order valence-corrected chi connectivity index (χ0v) is 27.1. The molecule has 1 aliphatic carbocycles. The molecule has 5 heteroatoms. The number of nitrogens with zero attached hydrogens (tertiary/aromatic N) is 4. The Morgan fingerprint density at radius 2 is 1.12 bits per heavy atom. The van der Waals surface area contributed by atoms with E-state index in [0.717, 1.165) is 56.0 Å². The minimum absolute atomic E-state index is 0.262. The summed E-state index contributed by atoms with van der Waals surface area (Å²) in [5, 5.41) is 2.50. The molecule has 3 aromatic heterocycles. The molecular formula is C44H30N4O. The summed E-state index contributed by atoms with van der Waals surface area (Å²) in [5.41, 5.74) is 13.3. The summed E-state index contributed by atoms with van der Waals surface area (Å²) in [4.78, 5) is 15.3. The van der Waals surface area contributed by atoms with E-state index < -0.39 is 0 Å². The average molecular weight is 631 g/mol. The van der Waals surface area contributed by atoms with Crippen molar-refractivity contribution in [1.82, 2.24) is 19.5 Å². The van der Waals surface area contributed by atoms with Crippen molar-refractivity contribution in [3.8, 4) is 51.0 Å². The fourth-order valence-corrected chi connectivity index (χ4v) is 7.68. The lowest BCUT2D eigenvalue weighted by Crippen LogP contribution is -2.17. The van der Waals surface area contributed by atoms with Gasteiger partial charge in [0.25, 0.3) is 0 Å². The van der Waals surface area contributed by atoms with Gasteiger partial charge in [-0.1, -0.05) is 111 Å². The van der Waals surface area contributed by atoms with Gasteiger partial charge in [-0.05, 0) is 54.1 Å². The minimum atomic E-state index is -0.262. The van der Waals surface area contributed by atoms with Gasteiger partial charge in [-0.2, -0.15) is 0 Å². The number of para-hydroxylation sites is 4. The minimum Gasteiger partial charge on any atom is -0.436 e. The summed E-state index contributed by atoms with van der Waals surface area (Å²) < 4.78 is 8.39. The summed E-state index contributed by atoms with van der Waals surface area (Å²) in [6.45, 7) is 4.57. The molecule has 0 bridgehead atoms. The first-order chi connectivity index (χ1) is 24.0. The van der Waals surface area contributed by atoms with Gasteiger partial charge in [-0.3, -0.25) is 0 Å². The predicted molar refractivity (Wildman–Crippen MR) is 198 cm³/mol. The van der Waals surface area contributed by atoms with Gasteiger partial charge in [0, 0.05) is 49.7 Å². The van der Waals surface area contributed by atoms with Crippen LogP contribution in [0, 0.1) is 0 Å². The Morgan fingerprint density at radius 3 is 1.86 bits per heavy atom. The molecule has 0 radical (unpaired) electrons. The van der Waals surface area contributed by atoms with Crippen LogP contribution in [-0.2, 0) is 5.41 Å². The van der Waals surface area contributed by atoms with Crippen molar-refractivity contribution in [2.75, 3.05) is 0 Å². The first-order valence-corrected chi connectivity index (χ1v) is 16.6. The summed E-state index contributed by atoms with van der Waals surface area (Å²) in [6.07, 6.45) is 0. The van der Waals surface area contributed by atoms with Crippen LogP contribution in [0.1, 0.15) is 25.0 Å². The molecule has 10 rings (SSSR count). The Morgan fingerprint density at radius 1 is 0.531 bits per heavy atom. The van der Waals surface area contributed by atoms with Gasteiger partial charge in [0.15, 0.2) is 11.4 Å². The fraction of sp³-hybridized carbons (Fsp3) is 0.0682. The molecule has 0 N–H and O–H groups in total. The van der Waals surface area contributed by atoms with Gasteiger partial charge in [-0.15, -0.1) is 0 Å². The van der Waals surface area contributed by atoms with Crippen LogP contribution < -0.4 is 0 Å². The maximum Gasteiger partial charge on any atom is 0.227 e. The van der Waals surface area contributed by atoms with Gasteiger partial charge in [-0.25, -0.2) is 15.0 Å². The number of aromatic nitrogens is 4. The normalized spacial score (nSPS) is 13.3. The highest BCUT2D eigenvalue weighted by atomic mass is 16.3. The van der Waals surface area contributed by atoms with Gasteiger partial charge >= 0.3 is 0 Å². The maximum atomic E-state index is 6.04. The van der Waals surface area contributed by atoms with Crippen molar-refractivity contribution in [2.45, 2.75) is 19.3 Å². The molecule has 3 heterocycles. The standard InChI is InChI=1S/C44H30N4O/c1-44(2)34-14-6-3-13-33(34)41-39(44)40(46-42(47-41)28-19-21-29(22-20-28)43-45-35-15-7-10-18-38(35)49-43)27-23-25-30(26-24-27)48-36-16-8-4-11-31(36)32-12-5-9-17-37(32)48/h3-26H,1-2H3. The number of hydrogen-bond donors (Lipinski definition) is 0. The predicted octanol–water partition coefficient (Wildman–Crippen LogP) is 11.0. The van der Waals surface area contributed by atoms with Gasteiger partial charge in [0.1, 0.15) is 5.52 Å². The van der Waals surface area contributed by atoms with Crippen LogP contribution in [0.15, 0.2) is 150 Å². The lowest BCUT2D eigenvalue weighted by Gasteiger charge is -2.24. The number of fused-ring (bicyclic) bond motifs is 7. The van der Waals surface area contributed by atoms with Gasteiger partial charge in [0.05, 0.1) is 22.4 Å². The van der Waals surface area contributed by atoms with Crippen molar-refractivity contribution >= 4 is 32.9 Å². The third-order valence-corrected chi connectivity index (χ3v) is 10.1. The van der Waals surface area contributed by atoms with Crippen LogP contribution in [0.5, 0.6) is 0 Å². The molecule has 0 unspecified atom stereocenters. The largest absolute Gasteiger partial charge is 0.436 e. The highest BCUT2D eigenvalue weighted by Gasteiger charge is 2.40. The van der Waals surface area contributed by atoms with E-state index in [2.05, 4.69) is 133 Å². The van der Waals surface area contributed by atoms with E-state index in [1.165, 1.54) is 27.4 Å². The molecule has 0 saturated heterocycles. The summed E-state index contributed by atoms with van der Waals surface area (Å²) in [7, 11) is 0. The topological polar surface area (TPSA) is 56.7 Å². The molecule has 0 aliphatic heterocycles. The Hall–Kier alpha value is -6.33. The van der Waals surface area contributed by atoms with Crippen molar-refractivity contribution < 1.29 is 4.42 Å². The zero-order valence-electron chi connectivity index (χ0n) is 27.1. The van der Waals surface area contributed by atoms with Crippen LogP contribution in [0.4, 0.5) is 0 Å². The SMILES string of the molecule is CC1(C)c2ccccc2-c2nc(-c3ccc(-c4nc5ccccc5o4)cc3)nc(-c3ccc(-n4c5ccccc5c5ccccc54)cc3)c21. The number of hydrogen-bond acceptors (Lipinski definition) is 4. The molecule has 0 spiro atoms. The highest BCUT2D eigenvalue weighted by molar-refractivity contribution is 6.09. The monoisotopic (exact) mass is 630 g/mol. The molecule has 1 aliphatic rings. The summed E-state index contributed by atoms with van der Waals surface area (Å²) in [6, 6.07) is 50.7. The molecule has 0 saturated carbocycles. The van der Waals surface area contributed by atoms with Crippen molar-refractivity contribution in [1.29, 1.82) is 0 Å². The lowest BCUT2D eigenvalue weighted by atomic mass is 9.81. The molecule has 5 nitrogen and oxygen atoms in total. The molecule has 0 atom stereocenters. The lowest BCUT2D eigenvalue weighted by molar-refractivity contribution is 0.620. The Kier molecular flexibility index (Phi) is 5.85. The van der Waals surface area contributed by atoms with E-state index in [9.17, 15) is 0 Å². The van der Waals surface area contributed by atoms with Crippen molar-refractivity contribution in [2.24, 2.45) is 0 Å². The van der Waals surface area contributed by atoms with E-state index >= 15 is 0 Å². The highest BCUT2D eigenvalue weighted by Crippen LogP contribution is 2.51. The first kappa shape index (κ1) is 27.8. The molecule has 6 aromatic carbocycles. The van der Waals surface area contributed by atoms with Crippen LogP contribution >= 0.6 is 0 Å². The number of rotatable bonds is 4. The second-order valence-corrected chi connectivity index (χ2v) is 13.3.